The van der Waals surface area contributed by atoms with Gasteiger partial charge in [-0.2, -0.15) is 0 Å². The molecule has 2 atom stereocenters. The molecule has 3 N–H and O–H groups in total. The van der Waals surface area contributed by atoms with Crippen molar-refractivity contribution < 1.29 is 21.6 Å². The van der Waals surface area contributed by atoms with Crippen LogP contribution in [0.1, 0.15) is 25.7 Å². The SMILES string of the molecule is N[C@@H]1CCCC[C@H]1NS(=O)(=O)c1ccc(F)c(F)c1F. The number of halogens is 3. The van der Waals surface area contributed by atoms with Gasteiger partial charge in [-0.1, -0.05) is 12.8 Å². The molecule has 1 fully saturated rings. The van der Waals surface area contributed by atoms with E-state index in [9.17, 15) is 21.6 Å². The Bertz CT molecular complexity index is 607. The van der Waals surface area contributed by atoms with Crippen molar-refractivity contribution in [3.05, 3.63) is 29.6 Å². The molecule has 2 rings (SSSR count). The molecule has 0 unspecified atom stereocenters. The highest BCUT2D eigenvalue weighted by molar-refractivity contribution is 7.89. The van der Waals surface area contributed by atoms with Crippen LogP contribution in [0.25, 0.3) is 0 Å². The van der Waals surface area contributed by atoms with Crippen LogP contribution in [0.2, 0.25) is 0 Å². The van der Waals surface area contributed by atoms with Crippen LogP contribution in [0.4, 0.5) is 13.2 Å². The summed E-state index contributed by atoms with van der Waals surface area (Å²) < 4.78 is 65.8. The van der Waals surface area contributed by atoms with Gasteiger partial charge >= 0.3 is 0 Å². The van der Waals surface area contributed by atoms with E-state index in [1.807, 2.05) is 0 Å². The second kappa shape index (κ2) is 5.71. The molecule has 0 amide bonds. The number of nitrogens with two attached hydrogens (primary N) is 1. The smallest absolute Gasteiger partial charge is 0.243 e. The van der Waals surface area contributed by atoms with E-state index in [1.54, 1.807) is 0 Å². The minimum atomic E-state index is -4.27. The van der Waals surface area contributed by atoms with Gasteiger partial charge in [-0.25, -0.2) is 26.3 Å². The highest BCUT2D eigenvalue weighted by Gasteiger charge is 2.30. The average Bonchev–Trinajstić information content (AvgIpc) is 2.38. The van der Waals surface area contributed by atoms with Crippen molar-refractivity contribution in [2.75, 3.05) is 0 Å². The Morgan fingerprint density at radius 3 is 2.40 bits per heavy atom. The number of nitrogens with one attached hydrogen (secondary N) is 1. The van der Waals surface area contributed by atoms with Gasteiger partial charge in [-0.3, -0.25) is 0 Å². The normalized spacial score (nSPS) is 23.8. The van der Waals surface area contributed by atoms with Crippen molar-refractivity contribution >= 4 is 10.0 Å². The second-order valence-electron chi connectivity index (χ2n) is 4.85. The van der Waals surface area contributed by atoms with E-state index in [4.69, 9.17) is 5.73 Å². The molecule has 0 aromatic heterocycles. The molecule has 4 nitrogen and oxygen atoms in total. The molecule has 112 valence electrons. The van der Waals surface area contributed by atoms with E-state index in [0.717, 1.165) is 12.8 Å². The minimum Gasteiger partial charge on any atom is -0.326 e. The minimum absolute atomic E-state index is 0.369. The van der Waals surface area contributed by atoms with Gasteiger partial charge in [-0.05, 0) is 25.0 Å². The highest BCUT2D eigenvalue weighted by Crippen LogP contribution is 2.22. The lowest BCUT2D eigenvalue weighted by Crippen LogP contribution is -2.49. The molecule has 20 heavy (non-hydrogen) atoms. The van der Waals surface area contributed by atoms with Gasteiger partial charge in [0.25, 0.3) is 0 Å². The average molecular weight is 308 g/mol. The summed E-state index contributed by atoms with van der Waals surface area (Å²) in [5.41, 5.74) is 5.80. The van der Waals surface area contributed by atoms with Gasteiger partial charge in [-0.15, -0.1) is 0 Å². The maximum absolute atomic E-state index is 13.5. The second-order valence-corrected chi connectivity index (χ2v) is 6.53. The fourth-order valence-electron chi connectivity index (χ4n) is 2.28. The van der Waals surface area contributed by atoms with Gasteiger partial charge in [0, 0.05) is 12.1 Å². The first-order valence-electron chi connectivity index (χ1n) is 6.24. The molecule has 0 heterocycles. The molecular weight excluding hydrogens is 293 g/mol. The molecule has 0 saturated heterocycles. The van der Waals surface area contributed by atoms with Gasteiger partial charge in [0.2, 0.25) is 10.0 Å². The predicted molar refractivity (Wildman–Crippen MR) is 66.9 cm³/mol. The Kier molecular flexibility index (Phi) is 4.36. The van der Waals surface area contributed by atoms with Crippen LogP contribution in [-0.2, 0) is 10.0 Å². The van der Waals surface area contributed by atoms with E-state index < -0.39 is 38.4 Å². The van der Waals surface area contributed by atoms with E-state index in [-0.39, 0.29) is 6.04 Å². The van der Waals surface area contributed by atoms with E-state index in [2.05, 4.69) is 4.72 Å². The molecule has 0 spiro atoms. The lowest BCUT2D eigenvalue weighted by Gasteiger charge is -2.29. The zero-order valence-corrected chi connectivity index (χ0v) is 11.4. The molecule has 0 radical (unpaired) electrons. The lowest BCUT2D eigenvalue weighted by atomic mass is 9.92. The summed E-state index contributed by atoms with van der Waals surface area (Å²) in [4.78, 5) is -0.908. The third-order valence-corrected chi connectivity index (χ3v) is 4.92. The molecule has 0 aliphatic heterocycles. The molecular formula is C12H15F3N2O2S. The number of benzene rings is 1. The summed E-state index contributed by atoms with van der Waals surface area (Å²) in [5.74, 6) is -4.96. The summed E-state index contributed by atoms with van der Waals surface area (Å²) in [5, 5.41) is 0. The van der Waals surface area contributed by atoms with Gasteiger partial charge in [0.05, 0.1) is 0 Å². The van der Waals surface area contributed by atoms with Crippen LogP contribution in [0, 0.1) is 17.5 Å². The van der Waals surface area contributed by atoms with Crippen LogP contribution < -0.4 is 10.5 Å². The maximum atomic E-state index is 13.5. The number of rotatable bonds is 3. The van der Waals surface area contributed by atoms with Crippen molar-refractivity contribution in [2.24, 2.45) is 5.73 Å². The van der Waals surface area contributed by atoms with Crippen molar-refractivity contribution in [2.45, 2.75) is 42.7 Å². The third-order valence-electron chi connectivity index (χ3n) is 3.42. The Morgan fingerprint density at radius 2 is 1.75 bits per heavy atom. The standard InChI is InChI=1S/C12H15F3N2O2S/c13-7-5-6-10(12(15)11(7)14)20(18,19)17-9-4-2-1-3-8(9)16/h5-6,8-9,17H,1-4,16H2/t8-,9-/m1/s1. The molecule has 1 aliphatic rings. The third kappa shape index (κ3) is 2.97. The zero-order valence-electron chi connectivity index (χ0n) is 10.6. The number of hydrogen-bond donors (Lipinski definition) is 2. The van der Waals surface area contributed by atoms with Gasteiger partial charge in [0.15, 0.2) is 17.5 Å². The topological polar surface area (TPSA) is 72.2 Å². The summed E-state index contributed by atoms with van der Waals surface area (Å²) >= 11 is 0. The largest absolute Gasteiger partial charge is 0.326 e. The van der Waals surface area contributed by atoms with Crippen LogP contribution in [-0.4, -0.2) is 20.5 Å². The number of hydrogen-bond acceptors (Lipinski definition) is 3. The Labute approximate surface area is 115 Å². The quantitative estimate of drug-likeness (QED) is 0.834. The molecule has 1 saturated carbocycles. The van der Waals surface area contributed by atoms with Crippen molar-refractivity contribution in [3.8, 4) is 0 Å². The van der Waals surface area contributed by atoms with Crippen molar-refractivity contribution in [1.29, 1.82) is 0 Å². The van der Waals surface area contributed by atoms with Crippen LogP contribution >= 0.6 is 0 Å². The maximum Gasteiger partial charge on any atom is 0.243 e. The van der Waals surface area contributed by atoms with Crippen molar-refractivity contribution in [3.63, 3.8) is 0 Å². The first-order chi connectivity index (χ1) is 9.33. The number of sulfonamides is 1. The zero-order chi connectivity index (χ0) is 14.9. The summed E-state index contributed by atoms with van der Waals surface area (Å²) in [6.45, 7) is 0. The van der Waals surface area contributed by atoms with Crippen molar-refractivity contribution in [1.82, 2.24) is 4.72 Å². The van der Waals surface area contributed by atoms with Crippen LogP contribution in [0.5, 0.6) is 0 Å². The van der Waals surface area contributed by atoms with Crippen LogP contribution in [0.3, 0.4) is 0 Å². The van der Waals surface area contributed by atoms with Gasteiger partial charge < -0.3 is 5.73 Å². The fraction of sp³-hybridized carbons (Fsp3) is 0.500. The van der Waals surface area contributed by atoms with Crippen LogP contribution in [0.15, 0.2) is 17.0 Å². The molecule has 1 aromatic carbocycles. The highest BCUT2D eigenvalue weighted by atomic mass is 32.2. The summed E-state index contributed by atoms with van der Waals surface area (Å²) in [7, 11) is -4.27. The Balaban J connectivity index is 2.29. The first kappa shape index (κ1) is 15.3. The van der Waals surface area contributed by atoms with E-state index in [0.29, 0.717) is 25.0 Å². The molecule has 1 aliphatic carbocycles. The summed E-state index contributed by atoms with van der Waals surface area (Å²) in [6.07, 6.45) is 2.90. The monoisotopic (exact) mass is 308 g/mol. The molecule has 0 bridgehead atoms. The summed E-state index contributed by atoms with van der Waals surface area (Å²) in [6, 6.07) is 0.381. The fourth-order valence-corrected chi connectivity index (χ4v) is 3.68. The molecule has 1 aromatic rings. The van der Waals surface area contributed by atoms with E-state index >= 15 is 0 Å². The van der Waals surface area contributed by atoms with E-state index in [1.165, 1.54) is 0 Å². The Hall–Kier alpha value is -1.12. The Morgan fingerprint density at radius 1 is 1.10 bits per heavy atom. The lowest BCUT2D eigenvalue weighted by molar-refractivity contribution is 0.360. The molecule has 8 heteroatoms. The van der Waals surface area contributed by atoms with Gasteiger partial charge in [0.1, 0.15) is 4.90 Å². The predicted octanol–water partition coefficient (Wildman–Crippen LogP) is 1.65. The first-order valence-corrected chi connectivity index (χ1v) is 7.72.